The summed E-state index contributed by atoms with van der Waals surface area (Å²) in [5, 5.41) is 2.97. The zero-order valence-electron chi connectivity index (χ0n) is 15.4. The van der Waals surface area contributed by atoms with Gasteiger partial charge in [-0.15, -0.1) is 0 Å². The third kappa shape index (κ3) is 5.83. The maximum absolute atomic E-state index is 12.2. The summed E-state index contributed by atoms with van der Waals surface area (Å²) in [6.45, 7) is 7.31. The van der Waals surface area contributed by atoms with E-state index < -0.39 is 0 Å². The van der Waals surface area contributed by atoms with Gasteiger partial charge in [-0.1, -0.05) is 60.2 Å². The summed E-state index contributed by atoms with van der Waals surface area (Å²) >= 11 is 0. The minimum atomic E-state index is 0.0614. The van der Waals surface area contributed by atoms with Gasteiger partial charge in [0.05, 0.1) is 6.54 Å². The molecule has 26 heavy (non-hydrogen) atoms. The van der Waals surface area contributed by atoms with Crippen LogP contribution in [0.4, 0.5) is 5.69 Å². The zero-order valence-corrected chi connectivity index (χ0v) is 15.4. The number of piperazine rings is 1. The van der Waals surface area contributed by atoms with Crippen LogP contribution >= 0.6 is 0 Å². The molecule has 0 bridgehead atoms. The molecule has 0 atom stereocenters. The van der Waals surface area contributed by atoms with Gasteiger partial charge in [0.1, 0.15) is 0 Å². The van der Waals surface area contributed by atoms with Crippen molar-refractivity contribution in [1.29, 1.82) is 0 Å². The van der Waals surface area contributed by atoms with Crippen LogP contribution in [0.3, 0.4) is 0 Å². The van der Waals surface area contributed by atoms with Crippen LogP contribution in [0.1, 0.15) is 11.1 Å². The maximum Gasteiger partial charge on any atom is 0.238 e. The normalized spacial score (nSPS) is 16.0. The summed E-state index contributed by atoms with van der Waals surface area (Å²) < 4.78 is 0. The largest absolute Gasteiger partial charge is 0.325 e. The Bertz CT molecular complexity index is 717. The number of carbonyl (C=O) groups excluding carboxylic acids is 1. The Balaban J connectivity index is 1.37. The SMILES string of the molecule is Cc1ccc(NC(=O)CN2CCN(CC=Cc3ccccc3)CC2)cc1. The number of amides is 1. The van der Waals surface area contributed by atoms with E-state index in [9.17, 15) is 4.79 Å². The Morgan fingerprint density at radius 2 is 1.62 bits per heavy atom. The molecule has 3 rings (SSSR count). The van der Waals surface area contributed by atoms with Crippen LogP contribution in [-0.4, -0.2) is 55.0 Å². The molecule has 4 heteroatoms. The molecular weight excluding hydrogens is 322 g/mol. The topological polar surface area (TPSA) is 35.6 Å². The van der Waals surface area contributed by atoms with Crippen LogP contribution in [-0.2, 0) is 4.79 Å². The lowest BCUT2D eigenvalue weighted by Crippen LogP contribution is -2.48. The highest BCUT2D eigenvalue weighted by Crippen LogP contribution is 2.09. The van der Waals surface area contributed by atoms with Gasteiger partial charge in [-0.2, -0.15) is 0 Å². The zero-order chi connectivity index (χ0) is 18.2. The van der Waals surface area contributed by atoms with Crippen LogP contribution in [0.5, 0.6) is 0 Å². The van der Waals surface area contributed by atoms with Gasteiger partial charge >= 0.3 is 0 Å². The average molecular weight is 349 g/mol. The van der Waals surface area contributed by atoms with Crippen LogP contribution in [0, 0.1) is 6.92 Å². The van der Waals surface area contributed by atoms with E-state index in [-0.39, 0.29) is 5.91 Å². The highest BCUT2D eigenvalue weighted by Gasteiger charge is 2.18. The van der Waals surface area contributed by atoms with E-state index in [1.54, 1.807) is 0 Å². The first kappa shape index (κ1) is 18.4. The first-order valence-corrected chi connectivity index (χ1v) is 9.22. The van der Waals surface area contributed by atoms with Crippen LogP contribution in [0.25, 0.3) is 6.08 Å². The summed E-state index contributed by atoms with van der Waals surface area (Å²) in [6, 6.07) is 18.3. The van der Waals surface area contributed by atoms with Gasteiger partial charge in [0.15, 0.2) is 0 Å². The van der Waals surface area contributed by atoms with Crippen LogP contribution in [0.2, 0.25) is 0 Å². The number of benzene rings is 2. The van der Waals surface area contributed by atoms with Gasteiger partial charge in [0.2, 0.25) is 5.91 Å². The number of anilines is 1. The van der Waals surface area contributed by atoms with Gasteiger partial charge in [0.25, 0.3) is 0 Å². The van der Waals surface area contributed by atoms with Gasteiger partial charge in [0, 0.05) is 38.4 Å². The Labute approximate surface area is 156 Å². The molecule has 1 aliphatic heterocycles. The summed E-state index contributed by atoms with van der Waals surface area (Å²) in [4.78, 5) is 16.8. The van der Waals surface area contributed by atoms with Crippen molar-refractivity contribution in [2.45, 2.75) is 6.92 Å². The summed E-state index contributed by atoms with van der Waals surface area (Å²) in [5.41, 5.74) is 3.30. The van der Waals surface area contributed by atoms with Gasteiger partial charge in [-0.3, -0.25) is 14.6 Å². The van der Waals surface area contributed by atoms with Gasteiger partial charge in [-0.25, -0.2) is 0 Å². The van der Waals surface area contributed by atoms with E-state index in [1.807, 2.05) is 37.3 Å². The van der Waals surface area contributed by atoms with Gasteiger partial charge < -0.3 is 5.32 Å². The van der Waals surface area contributed by atoms with Crippen LogP contribution in [0.15, 0.2) is 60.7 Å². The average Bonchev–Trinajstić information content (AvgIpc) is 2.66. The molecular formula is C22H27N3O. The molecule has 1 amide bonds. The van der Waals surface area contributed by atoms with Crippen molar-refractivity contribution in [1.82, 2.24) is 9.80 Å². The Kier molecular flexibility index (Phi) is 6.58. The number of nitrogens with one attached hydrogen (secondary N) is 1. The Morgan fingerprint density at radius 3 is 2.31 bits per heavy atom. The number of rotatable bonds is 6. The van der Waals surface area contributed by atoms with Crippen molar-refractivity contribution in [2.24, 2.45) is 0 Å². The number of aryl methyl sites for hydroxylation is 1. The number of hydrogen-bond donors (Lipinski definition) is 1. The molecule has 0 aromatic heterocycles. The molecule has 0 saturated carbocycles. The lowest BCUT2D eigenvalue weighted by atomic mass is 10.2. The first-order valence-electron chi connectivity index (χ1n) is 9.22. The standard InChI is InChI=1S/C22H27N3O/c1-19-9-11-21(12-10-19)23-22(26)18-25-16-14-24(15-17-25)13-5-8-20-6-3-2-4-7-20/h2-12H,13-18H2,1H3,(H,23,26). The molecule has 4 nitrogen and oxygen atoms in total. The molecule has 136 valence electrons. The fourth-order valence-electron chi connectivity index (χ4n) is 3.07. The molecule has 1 fully saturated rings. The predicted octanol–water partition coefficient (Wildman–Crippen LogP) is 3.26. The highest BCUT2D eigenvalue weighted by molar-refractivity contribution is 5.92. The van der Waals surface area contributed by atoms with E-state index in [2.05, 4.69) is 51.5 Å². The summed E-state index contributed by atoms with van der Waals surface area (Å²) in [5.74, 6) is 0.0614. The fourth-order valence-corrected chi connectivity index (χ4v) is 3.07. The molecule has 1 N–H and O–H groups in total. The second kappa shape index (κ2) is 9.32. The molecule has 0 spiro atoms. The molecule has 0 radical (unpaired) electrons. The molecule has 1 heterocycles. The fraction of sp³-hybridized carbons (Fsp3) is 0.318. The smallest absolute Gasteiger partial charge is 0.238 e. The highest BCUT2D eigenvalue weighted by atomic mass is 16.2. The summed E-state index contributed by atoms with van der Waals surface area (Å²) in [7, 11) is 0. The lowest BCUT2D eigenvalue weighted by molar-refractivity contribution is -0.117. The Morgan fingerprint density at radius 1 is 0.962 bits per heavy atom. The van der Waals surface area contributed by atoms with Crippen molar-refractivity contribution in [2.75, 3.05) is 44.6 Å². The summed E-state index contributed by atoms with van der Waals surface area (Å²) in [6.07, 6.45) is 4.39. The maximum atomic E-state index is 12.2. The van der Waals surface area contributed by atoms with Crippen molar-refractivity contribution >= 4 is 17.7 Å². The lowest BCUT2D eigenvalue weighted by Gasteiger charge is -2.33. The minimum absolute atomic E-state index is 0.0614. The van der Waals surface area contributed by atoms with Gasteiger partial charge in [-0.05, 0) is 24.6 Å². The molecule has 0 unspecified atom stereocenters. The van der Waals surface area contributed by atoms with E-state index in [0.717, 1.165) is 38.4 Å². The molecule has 1 saturated heterocycles. The first-order chi connectivity index (χ1) is 12.7. The monoisotopic (exact) mass is 349 g/mol. The van der Waals surface area contributed by atoms with E-state index in [4.69, 9.17) is 0 Å². The number of carbonyl (C=O) groups is 1. The molecule has 1 aliphatic rings. The van der Waals surface area contributed by atoms with E-state index in [0.29, 0.717) is 6.54 Å². The predicted molar refractivity (Wildman–Crippen MR) is 108 cm³/mol. The Hall–Kier alpha value is -2.43. The quantitative estimate of drug-likeness (QED) is 0.869. The molecule has 0 aliphatic carbocycles. The van der Waals surface area contributed by atoms with Crippen molar-refractivity contribution < 1.29 is 4.79 Å². The van der Waals surface area contributed by atoms with Crippen LogP contribution < -0.4 is 5.32 Å². The second-order valence-electron chi connectivity index (χ2n) is 6.80. The molecule has 2 aromatic carbocycles. The minimum Gasteiger partial charge on any atom is -0.325 e. The second-order valence-corrected chi connectivity index (χ2v) is 6.80. The molecule has 2 aromatic rings. The number of hydrogen-bond acceptors (Lipinski definition) is 3. The van der Waals surface area contributed by atoms with E-state index >= 15 is 0 Å². The van der Waals surface area contributed by atoms with Crippen molar-refractivity contribution in [3.63, 3.8) is 0 Å². The van der Waals surface area contributed by atoms with Crippen molar-refractivity contribution in [3.05, 3.63) is 71.8 Å². The third-order valence-electron chi connectivity index (χ3n) is 4.64. The third-order valence-corrected chi connectivity index (χ3v) is 4.64. The van der Waals surface area contributed by atoms with Crippen molar-refractivity contribution in [3.8, 4) is 0 Å². The van der Waals surface area contributed by atoms with E-state index in [1.165, 1.54) is 11.1 Å². The number of nitrogens with zero attached hydrogens (tertiary/aromatic N) is 2.